The fourth-order valence-corrected chi connectivity index (χ4v) is 4.86. The summed E-state index contributed by atoms with van der Waals surface area (Å²) in [5.74, 6) is 0.596. The van der Waals surface area contributed by atoms with E-state index in [-0.39, 0.29) is 0 Å². The van der Waals surface area contributed by atoms with Crippen LogP contribution in [0.15, 0.2) is 41.6 Å². The van der Waals surface area contributed by atoms with E-state index in [1.165, 1.54) is 5.56 Å². The predicted molar refractivity (Wildman–Crippen MR) is 127 cm³/mol. The van der Waals surface area contributed by atoms with Crippen molar-refractivity contribution >= 4 is 50.4 Å². The smallest absolute Gasteiger partial charge is 0.254 e. The number of unbranched alkanes of at least 4 members (excludes halogenated alkanes) is 1. The number of nitrogens with one attached hydrogen (secondary N) is 1. The molecule has 1 aliphatic heterocycles. The van der Waals surface area contributed by atoms with Crippen molar-refractivity contribution in [2.45, 2.75) is 39.3 Å². The highest BCUT2D eigenvalue weighted by molar-refractivity contribution is 7.22. The van der Waals surface area contributed by atoms with Crippen LogP contribution >= 0.6 is 22.9 Å². The SMILES string of the molecule is CCCCN(CCc1ccc(C2=NOC(C=O)N2)c(C)c1)c1nc2ccc(Cl)cc2s1. The van der Waals surface area contributed by atoms with Crippen molar-refractivity contribution in [3.63, 3.8) is 0 Å². The van der Waals surface area contributed by atoms with Crippen molar-refractivity contribution in [1.29, 1.82) is 0 Å². The van der Waals surface area contributed by atoms with Gasteiger partial charge >= 0.3 is 0 Å². The number of aryl methyl sites for hydroxylation is 1. The quantitative estimate of drug-likeness (QED) is 0.463. The van der Waals surface area contributed by atoms with E-state index in [9.17, 15) is 4.79 Å². The number of thiazole rings is 1. The maximum Gasteiger partial charge on any atom is 0.254 e. The summed E-state index contributed by atoms with van der Waals surface area (Å²) in [4.78, 5) is 23.1. The van der Waals surface area contributed by atoms with Gasteiger partial charge in [0.2, 0.25) is 0 Å². The molecule has 6 nitrogen and oxygen atoms in total. The number of fused-ring (bicyclic) bond motifs is 1. The Kier molecular flexibility index (Phi) is 6.73. The first-order chi connectivity index (χ1) is 15.1. The topological polar surface area (TPSA) is 66.8 Å². The summed E-state index contributed by atoms with van der Waals surface area (Å²) in [7, 11) is 0. The van der Waals surface area contributed by atoms with Crippen molar-refractivity contribution in [2.24, 2.45) is 5.16 Å². The van der Waals surface area contributed by atoms with Crippen molar-refractivity contribution in [3.05, 3.63) is 58.1 Å². The van der Waals surface area contributed by atoms with Gasteiger partial charge in [-0.2, -0.15) is 0 Å². The second-order valence-electron chi connectivity index (χ2n) is 7.59. The van der Waals surface area contributed by atoms with Crippen LogP contribution in [-0.2, 0) is 16.1 Å². The molecule has 0 amide bonds. The van der Waals surface area contributed by atoms with Gasteiger partial charge in [-0.15, -0.1) is 0 Å². The van der Waals surface area contributed by atoms with Crippen LogP contribution in [0.4, 0.5) is 5.13 Å². The fraction of sp³-hybridized carbons (Fsp3) is 0.348. The molecule has 0 fully saturated rings. The molecule has 4 rings (SSSR count). The zero-order valence-corrected chi connectivity index (χ0v) is 19.2. The van der Waals surface area contributed by atoms with Gasteiger partial charge in [0, 0.05) is 23.7 Å². The van der Waals surface area contributed by atoms with Crippen LogP contribution in [0.3, 0.4) is 0 Å². The minimum Gasteiger partial charge on any atom is -0.361 e. The summed E-state index contributed by atoms with van der Waals surface area (Å²) in [6, 6.07) is 12.2. The minimum absolute atomic E-state index is 0.596. The van der Waals surface area contributed by atoms with Crippen molar-refractivity contribution in [2.75, 3.05) is 18.0 Å². The summed E-state index contributed by atoms with van der Waals surface area (Å²) < 4.78 is 1.12. The molecule has 0 saturated heterocycles. The molecule has 31 heavy (non-hydrogen) atoms. The number of carbonyl (C=O) groups excluding carboxylic acids is 1. The van der Waals surface area contributed by atoms with E-state index in [2.05, 4.69) is 34.4 Å². The number of hydrogen-bond acceptors (Lipinski definition) is 7. The summed E-state index contributed by atoms with van der Waals surface area (Å²) in [5.41, 5.74) is 4.28. The molecule has 1 atom stereocenters. The Labute approximate surface area is 190 Å². The average Bonchev–Trinajstić information content (AvgIpc) is 3.40. The Morgan fingerprint density at radius 3 is 2.87 bits per heavy atom. The number of amidine groups is 1. The highest BCUT2D eigenvalue weighted by Gasteiger charge is 2.21. The van der Waals surface area contributed by atoms with Crippen LogP contribution in [-0.4, -0.2) is 36.4 Å². The molecule has 1 unspecified atom stereocenters. The van der Waals surface area contributed by atoms with Crippen LogP contribution in [0, 0.1) is 6.92 Å². The summed E-state index contributed by atoms with van der Waals surface area (Å²) >= 11 is 7.84. The van der Waals surface area contributed by atoms with Crippen molar-refractivity contribution < 1.29 is 9.63 Å². The number of rotatable bonds is 9. The number of halogens is 1. The molecule has 0 aliphatic carbocycles. The number of aromatic nitrogens is 1. The molecule has 0 spiro atoms. The Balaban J connectivity index is 1.48. The molecule has 0 radical (unpaired) electrons. The normalized spacial score (nSPS) is 15.5. The predicted octanol–water partition coefficient (Wildman–Crippen LogP) is 4.91. The first-order valence-electron chi connectivity index (χ1n) is 10.4. The maximum atomic E-state index is 10.9. The maximum absolute atomic E-state index is 10.9. The Morgan fingerprint density at radius 1 is 1.26 bits per heavy atom. The van der Waals surface area contributed by atoms with E-state index in [1.54, 1.807) is 11.3 Å². The van der Waals surface area contributed by atoms with Crippen LogP contribution < -0.4 is 10.2 Å². The van der Waals surface area contributed by atoms with Gasteiger partial charge in [-0.1, -0.05) is 59.6 Å². The van der Waals surface area contributed by atoms with E-state index in [1.807, 2.05) is 31.2 Å². The molecular weight excluding hydrogens is 432 g/mol. The van der Waals surface area contributed by atoms with Crippen LogP contribution in [0.2, 0.25) is 5.02 Å². The lowest BCUT2D eigenvalue weighted by Gasteiger charge is -2.22. The standard InChI is InChI=1S/C23H25ClN4O2S/c1-3-4-10-28(23-25-19-8-6-17(24)13-20(19)31-23)11-9-16-5-7-18(15(2)12-16)22-26-21(14-29)30-27-22/h5-8,12-14,21H,3-4,9-11H2,1-2H3,(H,26,27). The lowest BCUT2D eigenvalue weighted by atomic mass is 10.0. The van der Waals surface area contributed by atoms with E-state index in [4.69, 9.17) is 21.4 Å². The second-order valence-corrected chi connectivity index (χ2v) is 9.04. The zero-order chi connectivity index (χ0) is 21.8. The third-order valence-corrected chi connectivity index (χ3v) is 6.58. The number of aldehydes is 1. The number of nitrogens with zero attached hydrogens (tertiary/aromatic N) is 3. The van der Waals surface area contributed by atoms with Crippen LogP contribution in [0.1, 0.15) is 36.5 Å². The third kappa shape index (κ3) is 4.99. The van der Waals surface area contributed by atoms with Gasteiger partial charge in [0.05, 0.1) is 10.2 Å². The zero-order valence-electron chi connectivity index (χ0n) is 17.6. The highest BCUT2D eigenvalue weighted by Crippen LogP contribution is 2.31. The number of benzene rings is 2. The Morgan fingerprint density at radius 2 is 2.13 bits per heavy atom. The number of oxime groups is 1. The number of carbonyl (C=O) groups is 1. The molecule has 3 aromatic rings. The van der Waals surface area contributed by atoms with Crippen LogP contribution in [0.5, 0.6) is 0 Å². The monoisotopic (exact) mass is 456 g/mol. The van der Waals surface area contributed by atoms with Crippen molar-refractivity contribution in [1.82, 2.24) is 10.3 Å². The molecule has 2 heterocycles. The number of hydrogen-bond donors (Lipinski definition) is 1. The van der Waals surface area contributed by atoms with E-state index < -0.39 is 6.23 Å². The first kappa shape index (κ1) is 21.6. The molecular formula is C23H25ClN4O2S. The molecule has 1 aromatic heterocycles. The van der Waals surface area contributed by atoms with Gasteiger partial charge in [-0.25, -0.2) is 4.98 Å². The lowest BCUT2D eigenvalue weighted by molar-refractivity contribution is -0.117. The second kappa shape index (κ2) is 9.66. The minimum atomic E-state index is -0.704. The Bertz CT molecular complexity index is 1110. The van der Waals surface area contributed by atoms with Gasteiger partial charge in [-0.05, 0) is 49.1 Å². The molecule has 2 aromatic carbocycles. The molecule has 8 heteroatoms. The summed E-state index contributed by atoms with van der Waals surface area (Å²) in [5, 5.41) is 8.72. The molecule has 1 N–H and O–H groups in total. The summed E-state index contributed by atoms with van der Waals surface area (Å²) in [6.07, 6.45) is 3.17. The van der Waals surface area contributed by atoms with Gasteiger partial charge in [-0.3, -0.25) is 4.79 Å². The van der Waals surface area contributed by atoms with Crippen LogP contribution in [0.25, 0.3) is 10.2 Å². The third-order valence-electron chi connectivity index (χ3n) is 5.27. The van der Waals surface area contributed by atoms with Gasteiger partial charge < -0.3 is 15.1 Å². The highest BCUT2D eigenvalue weighted by atomic mass is 35.5. The fourth-order valence-electron chi connectivity index (χ4n) is 3.57. The molecule has 162 valence electrons. The van der Waals surface area contributed by atoms with E-state index >= 15 is 0 Å². The van der Waals surface area contributed by atoms with Gasteiger partial charge in [0.15, 0.2) is 17.3 Å². The average molecular weight is 457 g/mol. The summed E-state index contributed by atoms with van der Waals surface area (Å²) in [6.45, 7) is 6.12. The van der Waals surface area contributed by atoms with E-state index in [0.717, 1.165) is 63.8 Å². The molecule has 0 bridgehead atoms. The van der Waals surface area contributed by atoms with E-state index in [0.29, 0.717) is 12.1 Å². The molecule has 0 saturated carbocycles. The van der Waals surface area contributed by atoms with Crippen molar-refractivity contribution in [3.8, 4) is 0 Å². The Hall–Kier alpha value is -2.64. The first-order valence-corrected chi connectivity index (χ1v) is 11.6. The molecule has 1 aliphatic rings. The number of anilines is 1. The van der Waals surface area contributed by atoms with Gasteiger partial charge in [0.25, 0.3) is 6.23 Å². The van der Waals surface area contributed by atoms with Gasteiger partial charge in [0.1, 0.15) is 0 Å². The lowest BCUT2D eigenvalue weighted by Crippen LogP contribution is -2.31. The largest absolute Gasteiger partial charge is 0.361 e.